The zero-order chi connectivity index (χ0) is 15.7. The molecular formula is C14H18Cl3NO2S. The molecule has 0 heterocycles. The van der Waals surface area contributed by atoms with E-state index in [1.807, 2.05) is 0 Å². The van der Waals surface area contributed by atoms with E-state index in [1.54, 1.807) is 0 Å². The molecule has 1 N–H and O–H groups in total. The Kier molecular flexibility index (Phi) is 5.48. The zero-order valence-corrected chi connectivity index (χ0v) is 14.8. The molecule has 0 radical (unpaired) electrons. The SMILES string of the molecule is CC1CCCC(CCl)(NS(=O)(=O)c2cc(Cl)cc(Cl)c2)C1. The number of nitrogens with one attached hydrogen (secondary N) is 1. The molecule has 1 saturated carbocycles. The van der Waals surface area contributed by atoms with Gasteiger partial charge in [-0.2, -0.15) is 0 Å². The fourth-order valence-corrected chi connectivity index (χ4v) is 5.48. The molecule has 1 aromatic rings. The lowest BCUT2D eigenvalue weighted by Gasteiger charge is -2.39. The first-order valence-electron chi connectivity index (χ1n) is 6.82. The van der Waals surface area contributed by atoms with Crippen molar-refractivity contribution in [1.29, 1.82) is 0 Å². The molecule has 3 nitrogen and oxygen atoms in total. The van der Waals surface area contributed by atoms with Crippen LogP contribution in [0.1, 0.15) is 32.6 Å². The van der Waals surface area contributed by atoms with Crippen LogP contribution in [0.4, 0.5) is 0 Å². The number of hydrogen-bond donors (Lipinski definition) is 1. The first-order valence-corrected chi connectivity index (χ1v) is 9.60. The van der Waals surface area contributed by atoms with Crippen molar-refractivity contribution in [3.63, 3.8) is 0 Å². The molecule has 1 aromatic carbocycles. The van der Waals surface area contributed by atoms with Crippen molar-refractivity contribution < 1.29 is 8.42 Å². The standard InChI is InChI=1S/C14H18Cl3NO2S/c1-10-3-2-4-14(8-10,9-15)18-21(19,20)13-6-11(16)5-12(17)7-13/h5-7,10,18H,2-4,8-9H2,1H3. The largest absolute Gasteiger partial charge is 0.241 e. The van der Waals surface area contributed by atoms with Crippen molar-refractivity contribution in [2.75, 3.05) is 5.88 Å². The van der Waals surface area contributed by atoms with Crippen LogP contribution in [0.2, 0.25) is 10.0 Å². The van der Waals surface area contributed by atoms with Gasteiger partial charge in [-0.15, -0.1) is 11.6 Å². The summed E-state index contributed by atoms with van der Waals surface area (Å²) in [6.07, 6.45) is 3.55. The average molecular weight is 371 g/mol. The van der Waals surface area contributed by atoms with Crippen molar-refractivity contribution >= 4 is 44.8 Å². The highest BCUT2D eigenvalue weighted by molar-refractivity contribution is 7.89. The highest BCUT2D eigenvalue weighted by atomic mass is 35.5. The van der Waals surface area contributed by atoms with Gasteiger partial charge in [0.25, 0.3) is 0 Å². The molecule has 1 fully saturated rings. The molecule has 118 valence electrons. The molecule has 21 heavy (non-hydrogen) atoms. The molecule has 0 saturated heterocycles. The van der Waals surface area contributed by atoms with Crippen LogP contribution in [0.3, 0.4) is 0 Å². The highest BCUT2D eigenvalue weighted by Gasteiger charge is 2.38. The third kappa shape index (κ3) is 4.26. The first kappa shape index (κ1) is 17.4. The smallest absolute Gasteiger partial charge is 0.207 e. The second kappa shape index (κ2) is 6.63. The summed E-state index contributed by atoms with van der Waals surface area (Å²) in [6.45, 7) is 2.12. The molecule has 2 atom stereocenters. The van der Waals surface area contributed by atoms with Gasteiger partial charge in [0.1, 0.15) is 0 Å². The molecular weight excluding hydrogens is 353 g/mol. The fraction of sp³-hybridized carbons (Fsp3) is 0.571. The Labute approximate surface area is 141 Å². The molecule has 1 aliphatic rings. The molecule has 2 rings (SSSR count). The summed E-state index contributed by atoms with van der Waals surface area (Å²) < 4.78 is 28.0. The van der Waals surface area contributed by atoms with Gasteiger partial charge in [-0.25, -0.2) is 13.1 Å². The summed E-state index contributed by atoms with van der Waals surface area (Å²) in [7, 11) is -3.70. The van der Waals surface area contributed by atoms with Crippen LogP contribution in [0, 0.1) is 5.92 Å². The van der Waals surface area contributed by atoms with Gasteiger partial charge in [0.05, 0.1) is 4.90 Å². The fourth-order valence-electron chi connectivity index (χ4n) is 2.93. The minimum Gasteiger partial charge on any atom is -0.207 e. The number of alkyl halides is 1. The quantitative estimate of drug-likeness (QED) is 0.795. The maximum absolute atomic E-state index is 12.6. The third-order valence-corrected chi connectivity index (χ3v) is 6.35. The van der Waals surface area contributed by atoms with Crippen LogP contribution in [0.25, 0.3) is 0 Å². The summed E-state index contributed by atoms with van der Waals surface area (Å²) >= 11 is 17.9. The molecule has 0 spiro atoms. The minimum atomic E-state index is -3.70. The summed E-state index contributed by atoms with van der Waals surface area (Å²) in [6, 6.07) is 4.29. The lowest BCUT2D eigenvalue weighted by Crippen LogP contribution is -2.52. The number of rotatable bonds is 4. The Bertz CT molecular complexity index is 600. The van der Waals surface area contributed by atoms with Gasteiger partial charge in [0.15, 0.2) is 0 Å². The molecule has 1 aliphatic carbocycles. The Morgan fingerprint density at radius 1 is 1.29 bits per heavy atom. The van der Waals surface area contributed by atoms with E-state index in [0.717, 1.165) is 25.7 Å². The van der Waals surface area contributed by atoms with Crippen molar-refractivity contribution in [1.82, 2.24) is 4.72 Å². The van der Waals surface area contributed by atoms with Gasteiger partial charge in [0.2, 0.25) is 10.0 Å². The van der Waals surface area contributed by atoms with Crippen molar-refractivity contribution in [3.8, 4) is 0 Å². The van der Waals surface area contributed by atoms with Gasteiger partial charge >= 0.3 is 0 Å². The van der Waals surface area contributed by atoms with Crippen LogP contribution in [-0.2, 0) is 10.0 Å². The number of sulfonamides is 1. The van der Waals surface area contributed by atoms with E-state index in [2.05, 4.69) is 11.6 Å². The van der Waals surface area contributed by atoms with Crippen LogP contribution < -0.4 is 4.72 Å². The summed E-state index contributed by atoms with van der Waals surface area (Å²) in [5.74, 6) is 0.702. The molecule has 0 bridgehead atoms. The summed E-state index contributed by atoms with van der Waals surface area (Å²) in [5.41, 5.74) is -0.590. The lowest BCUT2D eigenvalue weighted by molar-refractivity contribution is 0.239. The molecule has 0 aromatic heterocycles. The van der Waals surface area contributed by atoms with Crippen LogP contribution in [0.15, 0.2) is 23.1 Å². The topological polar surface area (TPSA) is 46.2 Å². The van der Waals surface area contributed by atoms with E-state index >= 15 is 0 Å². The van der Waals surface area contributed by atoms with Gasteiger partial charge in [0, 0.05) is 21.5 Å². The Morgan fingerprint density at radius 2 is 1.90 bits per heavy atom. The predicted octanol–water partition coefficient (Wildman–Crippen LogP) is 4.46. The maximum Gasteiger partial charge on any atom is 0.241 e. The van der Waals surface area contributed by atoms with Gasteiger partial charge in [-0.3, -0.25) is 0 Å². The number of benzene rings is 1. The van der Waals surface area contributed by atoms with E-state index in [0.29, 0.717) is 16.0 Å². The van der Waals surface area contributed by atoms with Gasteiger partial charge in [-0.05, 0) is 37.0 Å². The van der Waals surface area contributed by atoms with E-state index in [-0.39, 0.29) is 10.8 Å². The summed E-state index contributed by atoms with van der Waals surface area (Å²) in [5, 5.41) is 0.583. The van der Waals surface area contributed by atoms with Crippen molar-refractivity contribution in [2.45, 2.75) is 43.0 Å². The first-order chi connectivity index (χ1) is 9.76. The van der Waals surface area contributed by atoms with Crippen LogP contribution >= 0.6 is 34.8 Å². The van der Waals surface area contributed by atoms with Gasteiger partial charge < -0.3 is 0 Å². The molecule has 0 amide bonds. The zero-order valence-electron chi connectivity index (χ0n) is 11.7. The number of hydrogen-bond acceptors (Lipinski definition) is 2. The Morgan fingerprint density at radius 3 is 2.43 bits per heavy atom. The maximum atomic E-state index is 12.6. The van der Waals surface area contributed by atoms with Crippen LogP contribution in [-0.4, -0.2) is 19.8 Å². The average Bonchev–Trinajstić information content (AvgIpc) is 2.37. The lowest BCUT2D eigenvalue weighted by atomic mass is 9.78. The normalized spacial score (nSPS) is 26.8. The monoisotopic (exact) mass is 369 g/mol. The van der Waals surface area contributed by atoms with Crippen molar-refractivity contribution in [2.24, 2.45) is 5.92 Å². The van der Waals surface area contributed by atoms with Crippen molar-refractivity contribution in [3.05, 3.63) is 28.2 Å². The Hall–Kier alpha value is -0.000000000000000111. The van der Waals surface area contributed by atoms with E-state index in [9.17, 15) is 8.42 Å². The van der Waals surface area contributed by atoms with E-state index in [4.69, 9.17) is 34.8 Å². The van der Waals surface area contributed by atoms with Gasteiger partial charge in [-0.1, -0.05) is 43.0 Å². The van der Waals surface area contributed by atoms with Crippen LogP contribution in [0.5, 0.6) is 0 Å². The van der Waals surface area contributed by atoms with E-state index < -0.39 is 15.6 Å². The molecule has 7 heteroatoms. The Balaban J connectivity index is 2.31. The van der Waals surface area contributed by atoms with E-state index in [1.165, 1.54) is 18.2 Å². The molecule has 0 aliphatic heterocycles. The minimum absolute atomic E-state index is 0.0720. The number of halogens is 3. The highest BCUT2D eigenvalue weighted by Crippen LogP contribution is 2.35. The third-order valence-electron chi connectivity index (χ3n) is 3.84. The predicted molar refractivity (Wildman–Crippen MR) is 87.9 cm³/mol. The second-order valence-electron chi connectivity index (χ2n) is 5.83. The molecule has 2 unspecified atom stereocenters. The summed E-state index contributed by atoms with van der Waals surface area (Å²) in [4.78, 5) is 0.0720. The second-order valence-corrected chi connectivity index (χ2v) is 8.65.